The van der Waals surface area contributed by atoms with Gasteiger partial charge in [0.05, 0.1) is 24.9 Å². The van der Waals surface area contributed by atoms with Gasteiger partial charge < -0.3 is 14.6 Å². The Hall–Kier alpha value is -2.18. The summed E-state index contributed by atoms with van der Waals surface area (Å²) in [5.41, 5.74) is 3.12. The van der Waals surface area contributed by atoms with E-state index in [0.717, 1.165) is 43.3 Å². The van der Waals surface area contributed by atoms with E-state index in [2.05, 4.69) is 27.5 Å². The summed E-state index contributed by atoms with van der Waals surface area (Å²) in [7, 11) is 0. The number of rotatable bonds is 7. The normalized spacial score (nSPS) is 16.4. The molecule has 3 rings (SSSR count). The molecule has 1 unspecified atom stereocenters. The van der Waals surface area contributed by atoms with Crippen LogP contribution in [-0.2, 0) is 16.0 Å². The Kier molecular flexibility index (Phi) is 6.41. The van der Waals surface area contributed by atoms with Crippen LogP contribution in [0.4, 0.5) is 0 Å². The number of benzene rings is 1. The minimum absolute atomic E-state index is 0.0548. The largest absolute Gasteiger partial charge is 0.379 e. The zero-order valence-electron chi connectivity index (χ0n) is 15.5. The topological polar surface area (TPSA) is 67.6 Å². The fourth-order valence-corrected chi connectivity index (χ4v) is 3.42. The van der Waals surface area contributed by atoms with Crippen LogP contribution in [0.2, 0.25) is 0 Å². The van der Waals surface area contributed by atoms with Gasteiger partial charge in [0, 0.05) is 31.6 Å². The molecular weight excluding hydrogens is 330 g/mol. The van der Waals surface area contributed by atoms with E-state index in [-0.39, 0.29) is 11.9 Å². The van der Waals surface area contributed by atoms with Gasteiger partial charge in [0.15, 0.2) is 0 Å². The molecule has 1 atom stereocenters. The lowest BCUT2D eigenvalue weighted by Crippen LogP contribution is -2.43. The molecule has 6 heteroatoms. The first-order valence-electron chi connectivity index (χ1n) is 9.20. The van der Waals surface area contributed by atoms with Crippen molar-refractivity contribution in [3.05, 3.63) is 52.9 Å². The van der Waals surface area contributed by atoms with Crippen LogP contribution in [0.5, 0.6) is 0 Å². The van der Waals surface area contributed by atoms with E-state index >= 15 is 0 Å². The standard InChI is InChI=1S/C20H27N3O3/c1-15-18(16(2)26-22-15)8-9-20(24)21-14-19(17-6-4-3-5-7-17)23-10-12-25-13-11-23/h3-7,19H,8-14H2,1-2H3,(H,21,24). The summed E-state index contributed by atoms with van der Waals surface area (Å²) in [6, 6.07) is 10.5. The van der Waals surface area contributed by atoms with Crippen LogP contribution >= 0.6 is 0 Å². The molecule has 1 fully saturated rings. The molecular formula is C20H27N3O3. The predicted molar refractivity (Wildman–Crippen MR) is 98.9 cm³/mol. The Morgan fingerprint density at radius 1 is 1.23 bits per heavy atom. The lowest BCUT2D eigenvalue weighted by Gasteiger charge is -2.35. The quantitative estimate of drug-likeness (QED) is 0.824. The number of ether oxygens (including phenoxy) is 1. The fourth-order valence-electron chi connectivity index (χ4n) is 3.42. The van der Waals surface area contributed by atoms with Gasteiger partial charge in [0.1, 0.15) is 5.76 Å². The fraction of sp³-hybridized carbons (Fsp3) is 0.500. The Morgan fingerprint density at radius 3 is 2.62 bits per heavy atom. The monoisotopic (exact) mass is 357 g/mol. The van der Waals surface area contributed by atoms with Crippen molar-refractivity contribution in [1.29, 1.82) is 0 Å². The number of hydrogen-bond acceptors (Lipinski definition) is 5. The number of aromatic nitrogens is 1. The number of carbonyl (C=O) groups excluding carboxylic acids is 1. The van der Waals surface area contributed by atoms with Crippen LogP contribution in [0, 0.1) is 13.8 Å². The van der Waals surface area contributed by atoms with Gasteiger partial charge in [-0.05, 0) is 25.8 Å². The average molecular weight is 357 g/mol. The van der Waals surface area contributed by atoms with Crippen molar-refractivity contribution in [2.24, 2.45) is 0 Å². The van der Waals surface area contributed by atoms with Gasteiger partial charge in [-0.15, -0.1) is 0 Å². The van der Waals surface area contributed by atoms with Crippen molar-refractivity contribution in [2.45, 2.75) is 32.7 Å². The summed E-state index contributed by atoms with van der Waals surface area (Å²) >= 11 is 0. The van der Waals surface area contributed by atoms with Crippen LogP contribution in [0.25, 0.3) is 0 Å². The van der Waals surface area contributed by atoms with Gasteiger partial charge in [-0.2, -0.15) is 0 Å². The molecule has 26 heavy (non-hydrogen) atoms. The molecule has 2 heterocycles. The van der Waals surface area contributed by atoms with Gasteiger partial charge >= 0.3 is 0 Å². The molecule has 0 aliphatic carbocycles. The van der Waals surface area contributed by atoms with Crippen LogP contribution in [0.1, 0.15) is 35.0 Å². The molecule has 1 N–H and O–H groups in total. The molecule has 140 valence electrons. The van der Waals surface area contributed by atoms with Crippen molar-refractivity contribution >= 4 is 5.91 Å². The molecule has 1 saturated heterocycles. The highest BCUT2D eigenvalue weighted by atomic mass is 16.5. The van der Waals surface area contributed by atoms with E-state index in [1.165, 1.54) is 5.56 Å². The summed E-state index contributed by atoms with van der Waals surface area (Å²) in [4.78, 5) is 14.8. The van der Waals surface area contributed by atoms with Gasteiger partial charge in [0.25, 0.3) is 0 Å². The highest BCUT2D eigenvalue weighted by molar-refractivity contribution is 5.76. The third-order valence-electron chi connectivity index (χ3n) is 4.95. The maximum absolute atomic E-state index is 12.4. The van der Waals surface area contributed by atoms with E-state index in [4.69, 9.17) is 9.26 Å². The SMILES string of the molecule is Cc1noc(C)c1CCC(=O)NCC(c1ccccc1)N1CCOCC1. The van der Waals surface area contributed by atoms with E-state index < -0.39 is 0 Å². The molecule has 2 aromatic rings. The first-order valence-corrected chi connectivity index (χ1v) is 9.20. The molecule has 0 spiro atoms. The van der Waals surface area contributed by atoms with Crippen LogP contribution in [-0.4, -0.2) is 48.8 Å². The summed E-state index contributed by atoms with van der Waals surface area (Å²) in [6.45, 7) is 7.64. The van der Waals surface area contributed by atoms with Crippen molar-refractivity contribution in [1.82, 2.24) is 15.4 Å². The molecule has 0 saturated carbocycles. The number of nitrogens with zero attached hydrogens (tertiary/aromatic N) is 2. The molecule has 1 aromatic heterocycles. The Bertz CT molecular complexity index is 689. The maximum Gasteiger partial charge on any atom is 0.220 e. The first kappa shape index (κ1) is 18.6. The third-order valence-corrected chi connectivity index (χ3v) is 4.95. The smallest absolute Gasteiger partial charge is 0.220 e. The van der Waals surface area contributed by atoms with Crippen molar-refractivity contribution in [2.75, 3.05) is 32.8 Å². The number of nitrogens with one attached hydrogen (secondary N) is 1. The van der Waals surface area contributed by atoms with Crippen molar-refractivity contribution in [3.8, 4) is 0 Å². The second kappa shape index (κ2) is 8.96. The summed E-state index contributed by atoms with van der Waals surface area (Å²) in [5.74, 6) is 0.852. The second-order valence-corrected chi connectivity index (χ2v) is 6.68. The molecule has 0 radical (unpaired) electrons. The summed E-state index contributed by atoms with van der Waals surface area (Å²) in [6.07, 6.45) is 1.09. The number of carbonyl (C=O) groups is 1. The van der Waals surface area contributed by atoms with Crippen molar-refractivity contribution in [3.63, 3.8) is 0 Å². The van der Waals surface area contributed by atoms with E-state index in [1.807, 2.05) is 32.0 Å². The zero-order valence-corrected chi connectivity index (χ0v) is 15.5. The minimum Gasteiger partial charge on any atom is -0.379 e. The lowest BCUT2D eigenvalue weighted by molar-refractivity contribution is -0.121. The average Bonchev–Trinajstić information content (AvgIpc) is 3.00. The highest BCUT2D eigenvalue weighted by Crippen LogP contribution is 2.21. The molecule has 0 bridgehead atoms. The summed E-state index contributed by atoms with van der Waals surface area (Å²) < 4.78 is 10.6. The predicted octanol–water partition coefficient (Wildman–Crippen LogP) is 2.41. The lowest BCUT2D eigenvalue weighted by atomic mass is 10.0. The van der Waals surface area contributed by atoms with E-state index in [0.29, 0.717) is 19.4 Å². The maximum atomic E-state index is 12.4. The third kappa shape index (κ3) is 4.71. The Labute approximate surface area is 154 Å². The molecule has 6 nitrogen and oxygen atoms in total. The number of aryl methyl sites for hydroxylation is 2. The van der Waals surface area contributed by atoms with Gasteiger partial charge in [-0.3, -0.25) is 9.69 Å². The molecule has 1 aliphatic rings. The van der Waals surface area contributed by atoms with Crippen LogP contribution < -0.4 is 5.32 Å². The van der Waals surface area contributed by atoms with E-state index in [9.17, 15) is 4.79 Å². The summed E-state index contributed by atoms with van der Waals surface area (Å²) in [5, 5.41) is 7.05. The van der Waals surface area contributed by atoms with Gasteiger partial charge in [-0.1, -0.05) is 35.5 Å². The molecule has 1 aromatic carbocycles. The number of hydrogen-bond donors (Lipinski definition) is 1. The number of amides is 1. The Balaban J connectivity index is 1.57. The zero-order chi connectivity index (χ0) is 18.4. The van der Waals surface area contributed by atoms with Gasteiger partial charge in [-0.25, -0.2) is 0 Å². The Morgan fingerprint density at radius 2 is 1.96 bits per heavy atom. The number of morpholine rings is 1. The van der Waals surface area contributed by atoms with Crippen LogP contribution in [0.3, 0.4) is 0 Å². The van der Waals surface area contributed by atoms with Crippen molar-refractivity contribution < 1.29 is 14.1 Å². The molecule has 1 aliphatic heterocycles. The first-order chi connectivity index (χ1) is 12.6. The second-order valence-electron chi connectivity index (χ2n) is 6.68. The van der Waals surface area contributed by atoms with Crippen LogP contribution in [0.15, 0.2) is 34.9 Å². The van der Waals surface area contributed by atoms with E-state index in [1.54, 1.807) is 0 Å². The molecule has 1 amide bonds. The van der Waals surface area contributed by atoms with Gasteiger partial charge in [0.2, 0.25) is 5.91 Å². The minimum atomic E-state index is 0.0548. The highest BCUT2D eigenvalue weighted by Gasteiger charge is 2.23.